The molecule has 2 saturated heterocycles. The van der Waals surface area contributed by atoms with Gasteiger partial charge in [0.15, 0.2) is 6.29 Å². The van der Waals surface area contributed by atoms with Gasteiger partial charge in [0.2, 0.25) is 0 Å². The molecule has 2 aliphatic heterocycles. The summed E-state index contributed by atoms with van der Waals surface area (Å²) in [6, 6.07) is 0. The van der Waals surface area contributed by atoms with Gasteiger partial charge in [-0.15, -0.1) is 0 Å². The summed E-state index contributed by atoms with van der Waals surface area (Å²) < 4.78 is 21.9. The maximum atomic E-state index is 12.1. The van der Waals surface area contributed by atoms with E-state index >= 15 is 0 Å². The van der Waals surface area contributed by atoms with E-state index in [1.165, 1.54) is 6.92 Å². The second kappa shape index (κ2) is 7.78. The van der Waals surface area contributed by atoms with Gasteiger partial charge in [-0.3, -0.25) is 4.79 Å². The van der Waals surface area contributed by atoms with Crippen molar-refractivity contribution >= 4 is 11.9 Å². The number of ether oxygens (including phenoxy) is 4. The average Bonchev–Trinajstić information content (AvgIpc) is 3.20. The van der Waals surface area contributed by atoms with Gasteiger partial charge >= 0.3 is 11.9 Å². The molecule has 0 aromatic rings. The summed E-state index contributed by atoms with van der Waals surface area (Å²) in [6.45, 7) is 0.754. The van der Waals surface area contributed by atoms with Gasteiger partial charge in [-0.25, -0.2) is 4.79 Å². The van der Waals surface area contributed by atoms with Crippen LogP contribution in [0.15, 0.2) is 23.3 Å². The third kappa shape index (κ3) is 3.49. The van der Waals surface area contributed by atoms with Gasteiger partial charge in [-0.1, -0.05) is 6.08 Å². The lowest BCUT2D eigenvalue weighted by Gasteiger charge is -2.43. The molecule has 29 heavy (non-hydrogen) atoms. The summed E-state index contributed by atoms with van der Waals surface area (Å²) in [4.78, 5) is 23.3. The van der Waals surface area contributed by atoms with Crippen LogP contribution in [-0.4, -0.2) is 88.5 Å². The van der Waals surface area contributed by atoms with Gasteiger partial charge in [0.05, 0.1) is 12.7 Å². The first-order chi connectivity index (χ1) is 13.8. The minimum Gasteiger partial charge on any atom is -0.461 e. The highest BCUT2D eigenvalue weighted by molar-refractivity contribution is 5.92. The van der Waals surface area contributed by atoms with Crippen molar-refractivity contribution in [2.24, 2.45) is 11.8 Å². The van der Waals surface area contributed by atoms with E-state index in [4.69, 9.17) is 18.9 Å². The van der Waals surface area contributed by atoms with Crippen LogP contribution in [0.5, 0.6) is 0 Å². The Bertz CT molecular complexity index is 743. The second-order valence-corrected chi connectivity index (χ2v) is 7.71. The highest BCUT2D eigenvalue weighted by Crippen LogP contribution is 2.50. The van der Waals surface area contributed by atoms with Crippen LogP contribution in [0.3, 0.4) is 0 Å². The standard InChI is InChI=1S/C19H24O10/c1-7(21)26-6-8-4-11-14-9(18(25)27-11)2-3-10(13(8)14)28-19-17(24)16(23)15(22)12(5-20)29-19/h2,4,10-17,19-20,22-24H,3,5-6H2,1H3/t10-,11+,12-,13+,14+,15-,16+,17-,19-/m1/s1. The number of aliphatic hydroxyl groups is 4. The fourth-order valence-electron chi connectivity index (χ4n) is 4.57. The third-order valence-electron chi connectivity index (χ3n) is 5.96. The zero-order valence-electron chi connectivity index (χ0n) is 15.7. The summed E-state index contributed by atoms with van der Waals surface area (Å²) in [5.74, 6) is -1.48. The van der Waals surface area contributed by atoms with E-state index in [1.54, 1.807) is 12.2 Å². The molecule has 2 fully saturated rings. The van der Waals surface area contributed by atoms with E-state index in [2.05, 4.69) is 0 Å². The fourth-order valence-corrected chi connectivity index (χ4v) is 4.57. The first kappa shape index (κ1) is 20.5. The zero-order valence-corrected chi connectivity index (χ0v) is 15.7. The van der Waals surface area contributed by atoms with Crippen LogP contribution in [0.4, 0.5) is 0 Å². The minimum atomic E-state index is -1.55. The summed E-state index contributed by atoms with van der Waals surface area (Å²) in [5.41, 5.74) is 1.28. The molecule has 9 atom stereocenters. The van der Waals surface area contributed by atoms with Gasteiger partial charge in [0, 0.05) is 24.3 Å². The number of carbonyl (C=O) groups is 2. The number of esters is 2. The molecule has 0 aromatic carbocycles. The first-order valence-corrected chi connectivity index (χ1v) is 9.52. The predicted molar refractivity (Wildman–Crippen MR) is 92.9 cm³/mol. The summed E-state index contributed by atoms with van der Waals surface area (Å²) >= 11 is 0. The van der Waals surface area contributed by atoms with Gasteiger partial charge in [-0.2, -0.15) is 0 Å². The zero-order chi connectivity index (χ0) is 20.9. The maximum Gasteiger partial charge on any atom is 0.334 e. The van der Waals surface area contributed by atoms with Crippen molar-refractivity contribution < 1.29 is 49.0 Å². The van der Waals surface area contributed by atoms with E-state index in [0.717, 1.165) is 5.57 Å². The molecule has 2 aliphatic carbocycles. The van der Waals surface area contributed by atoms with Crippen molar-refractivity contribution in [3.05, 3.63) is 23.3 Å². The Morgan fingerprint density at radius 2 is 1.97 bits per heavy atom. The Labute approximate surface area is 166 Å². The van der Waals surface area contributed by atoms with Crippen LogP contribution in [0, 0.1) is 11.8 Å². The highest BCUT2D eigenvalue weighted by Gasteiger charge is 2.55. The molecule has 0 aromatic heterocycles. The highest BCUT2D eigenvalue weighted by atomic mass is 16.7. The molecular formula is C19H24O10. The molecule has 4 aliphatic rings. The number of carbonyl (C=O) groups excluding carboxylic acids is 2. The molecule has 10 nitrogen and oxygen atoms in total. The fraction of sp³-hybridized carbons (Fsp3) is 0.684. The average molecular weight is 412 g/mol. The van der Waals surface area contributed by atoms with Crippen LogP contribution >= 0.6 is 0 Å². The van der Waals surface area contributed by atoms with Gasteiger partial charge in [-0.05, 0) is 18.1 Å². The van der Waals surface area contributed by atoms with E-state index < -0.39 is 55.5 Å². The molecule has 4 rings (SSSR count). The summed E-state index contributed by atoms with van der Waals surface area (Å²) in [5, 5.41) is 39.6. The molecule has 4 N–H and O–H groups in total. The number of hydrogen-bond donors (Lipinski definition) is 4. The SMILES string of the molecule is CC(=O)OCC1=C[C@@H]2OC(=O)C3=CC[C@@H](O[C@@H]4O[C@H](CO)[C@@H](O)[C@H](O)[C@H]4O)[C@H]1[C@@H]32. The van der Waals surface area contributed by atoms with Gasteiger partial charge < -0.3 is 39.4 Å². The Morgan fingerprint density at radius 1 is 1.21 bits per heavy atom. The summed E-state index contributed by atoms with van der Waals surface area (Å²) in [6.07, 6.45) is -4.20. The van der Waals surface area contributed by atoms with Crippen molar-refractivity contribution in [2.75, 3.05) is 13.2 Å². The second-order valence-electron chi connectivity index (χ2n) is 7.71. The van der Waals surface area contributed by atoms with Crippen LogP contribution in [0.2, 0.25) is 0 Å². The van der Waals surface area contributed by atoms with E-state index in [0.29, 0.717) is 12.0 Å². The van der Waals surface area contributed by atoms with E-state index in [1.807, 2.05) is 0 Å². The van der Waals surface area contributed by atoms with Gasteiger partial charge in [0.1, 0.15) is 37.1 Å². The molecule has 2 heterocycles. The molecule has 160 valence electrons. The number of aliphatic hydroxyl groups excluding tert-OH is 4. The van der Waals surface area contributed by atoms with Crippen molar-refractivity contribution in [1.29, 1.82) is 0 Å². The van der Waals surface area contributed by atoms with Crippen molar-refractivity contribution in [1.82, 2.24) is 0 Å². The van der Waals surface area contributed by atoms with Crippen molar-refractivity contribution in [3.8, 4) is 0 Å². The molecular weight excluding hydrogens is 388 g/mol. The third-order valence-corrected chi connectivity index (χ3v) is 5.96. The Morgan fingerprint density at radius 3 is 2.66 bits per heavy atom. The molecule has 0 spiro atoms. The van der Waals surface area contributed by atoms with Crippen LogP contribution in [-0.2, 0) is 28.5 Å². The Kier molecular flexibility index (Phi) is 5.49. The van der Waals surface area contributed by atoms with Crippen LogP contribution in [0.1, 0.15) is 13.3 Å². The largest absolute Gasteiger partial charge is 0.461 e. The van der Waals surface area contributed by atoms with Crippen molar-refractivity contribution in [2.45, 2.75) is 56.3 Å². The molecule has 0 saturated carbocycles. The topological polar surface area (TPSA) is 152 Å². The number of hydrogen-bond acceptors (Lipinski definition) is 10. The van der Waals surface area contributed by atoms with E-state index in [-0.39, 0.29) is 24.4 Å². The Balaban J connectivity index is 1.56. The van der Waals surface area contributed by atoms with Crippen molar-refractivity contribution in [3.63, 3.8) is 0 Å². The van der Waals surface area contributed by atoms with E-state index in [9.17, 15) is 30.0 Å². The predicted octanol–water partition coefficient (Wildman–Crippen LogP) is -1.84. The molecule has 10 heteroatoms. The van der Waals surface area contributed by atoms with Crippen LogP contribution < -0.4 is 0 Å². The number of rotatable bonds is 5. The molecule has 0 radical (unpaired) electrons. The summed E-state index contributed by atoms with van der Waals surface area (Å²) in [7, 11) is 0. The lowest BCUT2D eigenvalue weighted by atomic mass is 9.76. The lowest BCUT2D eigenvalue weighted by molar-refractivity contribution is -0.314. The molecule has 0 amide bonds. The first-order valence-electron chi connectivity index (χ1n) is 9.52. The van der Waals surface area contributed by atoms with Crippen LogP contribution in [0.25, 0.3) is 0 Å². The minimum absolute atomic E-state index is 0.0202. The van der Waals surface area contributed by atoms with Gasteiger partial charge in [0.25, 0.3) is 0 Å². The quantitative estimate of drug-likeness (QED) is 0.299. The maximum absolute atomic E-state index is 12.1. The molecule has 0 bridgehead atoms. The Hall–Kier alpha value is -1.82. The smallest absolute Gasteiger partial charge is 0.334 e. The monoisotopic (exact) mass is 412 g/mol. The lowest BCUT2D eigenvalue weighted by Crippen LogP contribution is -2.60. The normalized spacial score (nSPS) is 43.3. The molecule has 0 unspecified atom stereocenters.